The van der Waals surface area contributed by atoms with E-state index in [1.807, 2.05) is 0 Å². The molecule has 0 radical (unpaired) electrons. The third-order valence-corrected chi connectivity index (χ3v) is 5.10. The second-order valence-electron chi connectivity index (χ2n) is 6.73. The highest BCUT2D eigenvalue weighted by Gasteiger charge is 2.25. The minimum atomic E-state index is 0.361. The number of phenolic OH excluding ortho intramolecular Hbond substituents is 1. The first-order valence-corrected chi connectivity index (χ1v) is 8.54. The summed E-state index contributed by atoms with van der Waals surface area (Å²) in [6, 6.07) is 8.32. The third kappa shape index (κ3) is 4.21. The molecule has 1 aliphatic carbocycles. The molecule has 0 spiro atoms. The average molecular weight is 288 g/mol. The fourth-order valence-corrected chi connectivity index (χ4v) is 3.85. The topological polar surface area (TPSA) is 35.5 Å². The van der Waals surface area contributed by atoms with Gasteiger partial charge in [-0.2, -0.15) is 0 Å². The van der Waals surface area contributed by atoms with E-state index in [0.717, 1.165) is 25.4 Å². The molecule has 2 aliphatic rings. The Kier molecular flexibility index (Phi) is 5.15. The maximum atomic E-state index is 9.41. The number of nitrogens with one attached hydrogen (secondary N) is 1. The predicted molar refractivity (Wildman–Crippen MR) is 86.6 cm³/mol. The zero-order chi connectivity index (χ0) is 14.5. The maximum Gasteiger partial charge on any atom is 0.115 e. The van der Waals surface area contributed by atoms with E-state index < -0.39 is 0 Å². The van der Waals surface area contributed by atoms with Crippen molar-refractivity contribution < 1.29 is 5.11 Å². The molecule has 2 N–H and O–H groups in total. The summed E-state index contributed by atoms with van der Waals surface area (Å²) in [5, 5.41) is 13.0. The molecule has 116 valence electrons. The van der Waals surface area contributed by atoms with E-state index in [1.54, 1.807) is 12.1 Å². The van der Waals surface area contributed by atoms with E-state index in [2.05, 4.69) is 22.3 Å². The maximum absolute atomic E-state index is 9.41. The quantitative estimate of drug-likeness (QED) is 0.894. The van der Waals surface area contributed by atoms with Crippen LogP contribution in [0, 0.1) is 5.92 Å². The number of piperazine rings is 1. The van der Waals surface area contributed by atoms with Crippen molar-refractivity contribution >= 4 is 0 Å². The lowest BCUT2D eigenvalue weighted by atomic mass is 9.88. The SMILES string of the molecule is Oc1ccc(C[C@@H]2CNCCN2CC2CCCCC2)cc1. The van der Waals surface area contributed by atoms with Gasteiger partial charge in [-0.3, -0.25) is 4.90 Å². The Morgan fingerprint density at radius 3 is 2.62 bits per heavy atom. The summed E-state index contributed by atoms with van der Waals surface area (Å²) in [7, 11) is 0. The van der Waals surface area contributed by atoms with Gasteiger partial charge in [0.1, 0.15) is 5.75 Å². The zero-order valence-corrected chi connectivity index (χ0v) is 12.9. The summed E-state index contributed by atoms with van der Waals surface area (Å²) >= 11 is 0. The number of phenols is 1. The van der Waals surface area contributed by atoms with Gasteiger partial charge in [0.05, 0.1) is 0 Å². The van der Waals surface area contributed by atoms with Crippen LogP contribution in [-0.4, -0.2) is 42.2 Å². The van der Waals surface area contributed by atoms with Gasteiger partial charge in [-0.15, -0.1) is 0 Å². The van der Waals surface area contributed by atoms with Gasteiger partial charge in [0.2, 0.25) is 0 Å². The second-order valence-corrected chi connectivity index (χ2v) is 6.73. The van der Waals surface area contributed by atoms with Crippen LogP contribution < -0.4 is 5.32 Å². The minimum Gasteiger partial charge on any atom is -0.508 e. The smallest absolute Gasteiger partial charge is 0.115 e. The summed E-state index contributed by atoms with van der Waals surface area (Å²) in [6.07, 6.45) is 8.24. The fourth-order valence-electron chi connectivity index (χ4n) is 3.85. The molecule has 1 saturated carbocycles. The molecule has 3 rings (SSSR count). The predicted octanol–water partition coefficient (Wildman–Crippen LogP) is 2.79. The fraction of sp³-hybridized carbons (Fsp3) is 0.667. The van der Waals surface area contributed by atoms with Gasteiger partial charge in [-0.25, -0.2) is 0 Å². The van der Waals surface area contributed by atoms with Gasteiger partial charge >= 0.3 is 0 Å². The summed E-state index contributed by atoms with van der Waals surface area (Å²) < 4.78 is 0. The van der Waals surface area contributed by atoms with E-state index in [4.69, 9.17) is 0 Å². The number of nitrogens with zero attached hydrogens (tertiary/aromatic N) is 1. The van der Waals surface area contributed by atoms with E-state index in [0.29, 0.717) is 11.8 Å². The highest BCUT2D eigenvalue weighted by molar-refractivity contribution is 5.26. The van der Waals surface area contributed by atoms with Gasteiger partial charge in [0, 0.05) is 32.2 Å². The Bertz CT molecular complexity index is 425. The summed E-state index contributed by atoms with van der Waals surface area (Å²) in [5.41, 5.74) is 1.33. The van der Waals surface area contributed by atoms with Crippen LogP contribution in [0.4, 0.5) is 0 Å². The molecule has 0 amide bonds. The highest BCUT2D eigenvalue weighted by Crippen LogP contribution is 2.26. The lowest BCUT2D eigenvalue weighted by molar-refractivity contribution is 0.123. The molecule has 1 saturated heterocycles. The van der Waals surface area contributed by atoms with Gasteiger partial charge < -0.3 is 10.4 Å². The monoisotopic (exact) mass is 288 g/mol. The molecular formula is C18H28N2O. The second kappa shape index (κ2) is 7.28. The van der Waals surface area contributed by atoms with Crippen LogP contribution in [0.25, 0.3) is 0 Å². The number of aromatic hydroxyl groups is 1. The van der Waals surface area contributed by atoms with Crippen LogP contribution in [-0.2, 0) is 6.42 Å². The Labute approximate surface area is 128 Å². The van der Waals surface area contributed by atoms with Gasteiger partial charge in [0.15, 0.2) is 0 Å². The van der Waals surface area contributed by atoms with Crippen molar-refractivity contribution in [3.05, 3.63) is 29.8 Å². The van der Waals surface area contributed by atoms with E-state index in [1.165, 1.54) is 50.8 Å². The summed E-state index contributed by atoms with van der Waals surface area (Å²) in [4.78, 5) is 2.71. The standard InChI is InChI=1S/C18H28N2O/c21-18-8-6-15(7-9-18)12-17-13-19-10-11-20(17)14-16-4-2-1-3-5-16/h6-9,16-17,19,21H,1-5,10-14H2/t17-/m1/s1. The molecule has 3 heteroatoms. The molecule has 1 atom stereocenters. The minimum absolute atomic E-state index is 0.361. The molecule has 0 unspecified atom stereocenters. The Morgan fingerprint density at radius 2 is 1.86 bits per heavy atom. The van der Waals surface area contributed by atoms with Crippen LogP contribution >= 0.6 is 0 Å². The van der Waals surface area contributed by atoms with Crippen molar-refractivity contribution in [1.29, 1.82) is 0 Å². The largest absolute Gasteiger partial charge is 0.508 e. The molecular weight excluding hydrogens is 260 g/mol. The van der Waals surface area contributed by atoms with Crippen LogP contribution in [0.3, 0.4) is 0 Å². The van der Waals surface area contributed by atoms with E-state index in [9.17, 15) is 5.11 Å². The lowest BCUT2D eigenvalue weighted by Gasteiger charge is -2.39. The van der Waals surface area contributed by atoms with Gasteiger partial charge in [-0.1, -0.05) is 31.4 Å². The first-order valence-electron chi connectivity index (χ1n) is 8.54. The molecule has 2 fully saturated rings. The summed E-state index contributed by atoms with van der Waals surface area (Å²) in [5.74, 6) is 1.28. The first kappa shape index (κ1) is 14.9. The van der Waals surface area contributed by atoms with Crippen molar-refractivity contribution in [1.82, 2.24) is 10.2 Å². The molecule has 1 heterocycles. The van der Waals surface area contributed by atoms with Crippen molar-refractivity contribution in [3.63, 3.8) is 0 Å². The third-order valence-electron chi connectivity index (χ3n) is 5.10. The van der Waals surface area contributed by atoms with Crippen molar-refractivity contribution in [2.24, 2.45) is 5.92 Å². The Morgan fingerprint density at radius 1 is 1.10 bits per heavy atom. The van der Waals surface area contributed by atoms with Gasteiger partial charge in [-0.05, 0) is 42.9 Å². The lowest BCUT2D eigenvalue weighted by Crippen LogP contribution is -2.53. The normalized spacial score (nSPS) is 25.0. The summed E-state index contributed by atoms with van der Waals surface area (Å²) in [6.45, 7) is 4.68. The molecule has 1 aromatic carbocycles. The van der Waals surface area contributed by atoms with Crippen LogP contribution in [0.15, 0.2) is 24.3 Å². The number of hydrogen-bond acceptors (Lipinski definition) is 3. The highest BCUT2D eigenvalue weighted by atomic mass is 16.3. The number of benzene rings is 1. The Hall–Kier alpha value is -1.06. The van der Waals surface area contributed by atoms with E-state index in [-0.39, 0.29) is 0 Å². The zero-order valence-electron chi connectivity index (χ0n) is 12.9. The molecule has 1 aromatic rings. The van der Waals surface area contributed by atoms with Crippen LogP contribution in [0.5, 0.6) is 5.75 Å². The average Bonchev–Trinajstić information content (AvgIpc) is 2.52. The van der Waals surface area contributed by atoms with Crippen molar-refractivity contribution in [2.75, 3.05) is 26.2 Å². The number of rotatable bonds is 4. The molecule has 0 aromatic heterocycles. The van der Waals surface area contributed by atoms with E-state index >= 15 is 0 Å². The molecule has 3 nitrogen and oxygen atoms in total. The van der Waals surface area contributed by atoms with Crippen molar-refractivity contribution in [3.8, 4) is 5.75 Å². The first-order chi connectivity index (χ1) is 10.3. The molecule has 21 heavy (non-hydrogen) atoms. The van der Waals surface area contributed by atoms with Crippen LogP contribution in [0.2, 0.25) is 0 Å². The molecule has 1 aliphatic heterocycles. The Balaban J connectivity index is 1.59. The molecule has 0 bridgehead atoms. The van der Waals surface area contributed by atoms with Gasteiger partial charge in [0.25, 0.3) is 0 Å². The van der Waals surface area contributed by atoms with Crippen LogP contribution in [0.1, 0.15) is 37.7 Å². The van der Waals surface area contributed by atoms with Crippen molar-refractivity contribution in [2.45, 2.75) is 44.6 Å². The number of hydrogen-bond donors (Lipinski definition) is 2.